The van der Waals surface area contributed by atoms with Crippen molar-refractivity contribution in [2.24, 2.45) is 0 Å². The van der Waals surface area contributed by atoms with E-state index in [4.69, 9.17) is 0 Å². The zero-order valence-electron chi connectivity index (χ0n) is 24.5. The fraction of sp³-hybridized carbons (Fsp3) is 0.625. The molecule has 0 saturated carbocycles. The number of phenols is 2. The Balaban J connectivity index is 1.78. The van der Waals surface area contributed by atoms with Gasteiger partial charge in [0, 0.05) is 38.3 Å². The number of hydrogen-bond donors (Lipinski definition) is 2. The molecule has 2 N–H and O–H groups in total. The van der Waals surface area contributed by atoms with Crippen LogP contribution in [0.4, 0.5) is 0 Å². The Labute approximate surface area is 220 Å². The molecule has 1 heterocycles. The van der Waals surface area contributed by atoms with Crippen LogP contribution in [0.25, 0.3) is 0 Å². The van der Waals surface area contributed by atoms with Crippen molar-refractivity contribution in [3.8, 4) is 11.5 Å². The first kappa shape index (κ1) is 28.5. The molecule has 0 spiro atoms. The van der Waals surface area contributed by atoms with Crippen LogP contribution >= 0.6 is 0 Å². The van der Waals surface area contributed by atoms with Crippen LogP contribution in [0.15, 0.2) is 12.1 Å². The summed E-state index contributed by atoms with van der Waals surface area (Å²) in [5, 5.41) is 21.9. The van der Waals surface area contributed by atoms with Crippen LogP contribution in [0.3, 0.4) is 0 Å². The number of piperazine rings is 1. The highest BCUT2D eigenvalue weighted by atomic mass is 16.3. The van der Waals surface area contributed by atoms with Gasteiger partial charge >= 0.3 is 0 Å². The summed E-state index contributed by atoms with van der Waals surface area (Å²) in [5.41, 5.74) is 9.34. The molecule has 200 valence electrons. The van der Waals surface area contributed by atoms with E-state index in [-0.39, 0.29) is 0 Å². The molecule has 0 aromatic heterocycles. The minimum atomic E-state index is 0.365. The van der Waals surface area contributed by atoms with Crippen molar-refractivity contribution in [2.45, 2.75) is 119 Å². The number of rotatable bonds is 8. The molecule has 36 heavy (non-hydrogen) atoms. The molecular weight excluding hydrogens is 444 g/mol. The topological polar surface area (TPSA) is 46.9 Å². The molecule has 3 rings (SSSR count). The quantitative estimate of drug-likeness (QED) is 0.400. The van der Waals surface area contributed by atoms with Crippen LogP contribution in [0, 0.1) is 27.7 Å². The Morgan fingerprint density at radius 1 is 0.722 bits per heavy atom. The molecule has 0 radical (unpaired) electrons. The van der Waals surface area contributed by atoms with Gasteiger partial charge in [-0.25, -0.2) is 0 Å². The first-order valence-electron chi connectivity index (χ1n) is 14.0. The van der Waals surface area contributed by atoms with E-state index in [1.807, 2.05) is 0 Å². The fourth-order valence-corrected chi connectivity index (χ4v) is 5.88. The molecule has 0 bridgehead atoms. The molecule has 2 aromatic carbocycles. The second-order valence-corrected chi connectivity index (χ2v) is 11.6. The van der Waals surface area contributed by atoms with Crippen molar-refractivity contribution in [3.63, 3.8) is 0 Å². The number of hydrogen-bond acceptors (Lipinski definition) is 4. The first-order valence-corrected chi connectivity index (χ1v) is 14.0. The number of nitrogens with zero attached hydrogens (tertiary/aromatic N) is 2. The van der Waals surface area contributed by atoms with E-state index in [2.05, 4.69) is 91.2 Å². The van der Waals surface area contributed by atoms with E-state index < -0.39 is 0 Å². The summed E-state index contributed by atoms with van der Waals surface area (Å²) in [5.74, 6) is 1.70. The number of benzene rings is 2. The largest absolute Gasteiger partial charge is 0.507 e. The Morgan fingerprint density at radius 2 is 1.06 bits per heavy atom. The third kappa shape index (κ3) is 5.60. The van der Waals surface area contributed by atoms with Gasteiger partial charge in [-0.15, -0.1) is 0 Å². The summed E-state index contributed by atoms with van der Waals surface area (Å²) in [6.45, 7) is 25.6. The van der Waals surface area contributed by atoms with E-state index >= 15 is 0 Å². The lowest BCUT2D eigenvalue weighted by molar-refractivity contribution is 0.0323. The van der Waals surface area contributed by atoms with Crippen LogP contribution in [-0.2, 0) is 13.1 Å². The molecule has 1 saturated heterocycles. The summed E-state index contributed by atoms with van der Waals surface area (Å²) in [6, 6.07) is 5.23. The van der Waals surface area contributed by atoms with Gasteiger partial charge in [-0.1, -0.05) is 39.8 Å². The summed E-state index contributed by atoms with van der Waals surface area (Å²) >= 11 is 0. The summed E-state index contributed by atoms with van der Waals surface area (Å²) in [7, 11) is 0. The minimum absolute atomic E-state index is 0.365. The average molecular weight is 495 g/mol. The van der Waals surface area contributed by atoms with E-state index in [0.29, 0.717) is 35.4 Å². The molecule has 4 heteroatoms. The molecule has 2 aromatic rings. The molecular formula is C32H50N2O2. The lowest BCUT2D eigenvalue weighted by Gasteiger charge is -2.45. The number of aromatic hydroxyl groups is 2. The van der Waals surface area contributed by atoms with Crippen molar-refractivity contribution >= 4 is 0 Å². The van der Waals surface area contributed by atoms with Crippen LogP contribution in [0.2, 0.25) is 0 Å². The highest BCUT2D eigenvalue weighted by Crippen LogP contribution is 2.37. The fourth-order valence-electron chi connectivity index (χ4n) is 5.88. The normalized spacial score (nSPS) is 21.1. The van der Waals surface area contributed by atoms with Crippen LogP contribution in [0.1, 0.15) is 111 Å². The second-order valence-electron chi connectivity index (χ2n) is 11.6. The Kier molecular flexibility index (Phi) is 9.16. The molecule has 0 aliphatic carbocycles. The molecule has 1 fully saturated rings. The standard InChI is InChI=1S/C32H50N2O2/c1-11-19(3)27-13-21(5)29(25(9)31(27)35)17-33-15-24(8)34(16-23(33)7)18-30-22(6)14-28(20(4)12-2)32(36)26(30)10/h13-14,19-20,23-24,35-36H,11-12,15-18H2,1-10H3. The zero-order valence-corrected chi connectivity index (χ0v) is 24.5. The van der Waals surface area contributed by atoms with Gasteiger partial charge in [0.25, 0.3) is 0 Å². The number of phenolic OH excluding ortho intramolecular Hbond substituents is 2. The van der Waals surface area contributed by atoms with Crippen LogP contribution in [-0.4, -0.2) is 45.2 Å². The van der Waals surface area contributed by atoms with Gasteiger partial charge in [0.15, 0.2) is 0 Å². The van der Waals surface area contributed by atoms with Crippen LogP contribution in [0.5, 0.6) is 11.5 Å². The average Bonchev–Trinajstić information content (AvgIpc) is 2.85. The van der Waals surface area contributed by atoms with Crippen molar-refractivity contribution in [1.82, 2.24) is 9.80 Å². The van der Waals surface area contributed by atoms with Crippen molar-refractivity contribution in [1.29, 1.82) is 0 Å². The maximum Gasteiger partial charge on any atom is 0.122 e. The maximum absolute atomic E-state index is 11.0. The molecule has 1 aliphatic heterocycles. The van der Waals surface area contributed by atoms with Crippen molar-refractivity contribution < 1.29 is 10.2 Å². The highest BCUT2D eigenvalue weighted by molar-refractivity contribution is 5.51. The second kappa shape index (κ2) is 11.6. The smallest absolute Gasteiger partial charge is 0.122 e. The number of aryl methyl sites for hydroxylation is 2. The minimum Gasteiger partial charge on any atom is -0.507 e. The summed E-state index contributed by atoms with van der Waals surface area (Å²) in [6.07, 6.45) is 2.05. The molecule has 4 atom stereocenters. The van der Waals surface area contributed by atoms with Crippen molar-refractivity contribution in [3.05, 3.63) is 56.6 Å². The van der Waals surface area contributed by atoms with Gasteiger partial charge in [-0.3, -0.25) is 9.80 Å². The van der Waals surface area contributed by atoms with Gasteiger partial charge in [-0.2, -0.15) is 0 Å². The first-order chi connectivity index (χ1) is 16.9. The van der Waals surface area contributed by atoms with Crippen molar-refractivity contribution in [2.75, 3.05) is 13.1 Å². The molecule has 0 amide bonds. The van der Waals surface area contributed by atoms with E-state index in [1.165, 1.54) is 22.3 Å². The summed E-state index contributed by atoms with van der Waals surface area (Å²) < 4.78 is 0. The molecule has 1 aliphatic rings. The predicted molar refractivity (Wildman–Crippen MR) is 152 cm³/mol. The predicted octanol–water partition coefficient (Wildman–Crippen LogP) is 7.45. The third-order valence-corrected chi connectivity index (χ3v) is 9.11. The van der Waals surface area contributed by atoms with E-state index in [0.717, 1.165) is 61.3 Å². The highest BCUT2D eigenvalue weighted by Gasteiger charge is 2.31. The lowest BCUT2D eigenvalue weighted by Crippen LogP contribution is -2.55. The van der Waals surface area contributed by atoms with Gasteiger partial charge in [0.1, 0.15) is 11.5 Å². The van der Waals surface area contributed by atoms with Gasteiger partial charge in [0.2, 0.25) is 0 Å². The van der Waals surface area contributed by atoms with E-state index in [9.17, 15) is 10.2 Å². The monoisotopic (exact) mass is 494 g/mol. The molecule has 4 unspecified atom stereocenters. The van der Waals surface area contributed by atoms with Gasteiger partial charge in [0.05, 0.1) is 0 Å². The third-order valence-electron chi connectivity index (χ3n) is 9.11. The van der Waals surface area contributed by atoms with Crippen LogP contribution < -0.4 is 0 Å². The Morgan fingerprint density at radius 3 is 1.36 bits per heavy atom. The van der Waals surface area contributed by atoms with Gasteiger partial charge < -0.3 is 10.2 Å². The zero-order chi connectivity index (χ0) is 26.9. The SMILES string of the molecule is CCC(C)c1cc(C)c(CN2CC(C)N(Cc3c(C)cc(C(C)CC)c(O)c3C)CC2C)c(C)c1O. The van der Waals surface area contributed by atoms with E-state index in [1.54, 1.807) is 0 Å². The lowest BCUT2D eigenvalue weighted by atomic mass is 9.89. The Hall–Kier alpha value is -2.04. The summed E-state index contributed by atoms with van der Waals surface area (Å²) in [4.78, 5) is 5.14. The Bertz CT molecular complexity index is 991. The maximum atomic E-state index is 11.0. The van der Waals surface area contributed by atoms with Gasteiger partial charge in [-0.05, 0) is 111 Å². The molecule has 4 nitrogen and oxygen atoms in total.